The van der Waals surface area contributed by atoms with Crippen LogP contribution in [0.3, 0.4) is 0 Å². The molecular weight excluding hydrogens is 781 g/mol. The molecule has 0 aromatic rings. The van der Waals surface area contributed by atoms with E-state index >= 15 is 0 Å². The average molecular weight is 883 g/mol. The van der Waals surface area contributed by atoms with Gasteiger partial charge in [0.15, 0.2) is 6.10 Å². The molecule has 0 aliphatic heterocycles. The molecule has 1 unspecified atom stereocenters. The molecule has 0 amide bonds. The van der Waals surface area contributed by atoms with Gasteiger partial charge in [-0.3, -0.25) is 14.4 Å². The number of unbranched alkanes of at least 4 members (excludes halogenated alkanes) is 30. The summed E-state index contributed by atoms with van der Waals surface area (Å²) in [5, 5.41) is 0. The van der Waals surface area contributed by atoms with Crippen LogP contribution in [0.15, 0.2) is 48.6 Å². The highest BCUT2D eigenvalue weighted by Gasteiger charge is 2.19. The summed E-state index contributed by atoms with van der Waals surface area (Å²) < 4.78 is 16.8. The van der Waals surface area contributed by atoms with Gasteiger partial charge < -0.3 is 14.2 Å². The molecule has 0 aromatic heterocycles. The van der Waals surface area contributed by atoms with Gasteiger partial charge in [-0.2, -0.15) is 0 Å². The lowest BCUT2D eigenvalue weighted by Gasteiger charge is -2.18. The Balaban J connectivity index is 4.27. The lowest BCUT2D eigenvalue weighted by molar-refractivity contribution is -0.167. The number of carbonyl (C=O) groups is 3. The van der Waals surface area contributed by atoms with E-state index in [0.717, 1.165) is 77.0 Å². The van der Waals surface area contributed by atoms with Crippen LogP contribution in [0.2, 0.25) is 0 Å². The van der Waals surface area contributed by atoms with Gasteiger partial charge in [0.25, 0.3) is 0 Å². The second-order valence-electron chi connectivity index (χ2n) is 18.1. The molecule has 6 nitrogen and oxygen atoms in total. The number of allylic oxidation sites excluding steroid dienone is 8. The van der Waals surface area contributed by atoms with E-state index < -0.39 is 6.10 Å². The van der Waals surface area contributed by atoms with Gasteiger partial charge in [-0.25, -0.2) is 0 Å². The Morgan fingerprint density at radius 3 is 0.921 bits per heavy atom. The number of rotatable bonds is 49. The Kier molecular flexibility index (Phi) is 49.8. The minimum absolute atomic E-state index is 0.0760. The number of carbonyl (C=O) groups excluding carboxylic acids is 3. The summed E-state index contributed by atoms with van der Waals surface area (Å²) in [7, 11) is 0. The molecule has 1 atom stereocenters. The molecule has 63 heavy (non-hydrogen) atoms. The summed E-state index contributed by atoms with van der Waals surface area (Å²) >= 11 is 0. The predicted molar refractivity (Wildman–Crippen MR) is 270 cm³/mol. The summed E-state index contributed by atoms with van der Waals surface area (Å²) in [6.07, 6.45) is 62.4. The first-order chi connectivity index (χ1) is 31.0. The molecule has 0 N–H and O–H groups in total. The topological polar surface area (TPSA) is 78.9 Å². The molecule has 366 valence electrons. The van der Waals surface area contributed by atoms with Crippen molar-refractivity contribution in [1.82, 2.24) is 0 Å². The highest BCUT2D eigenvalue weighted by Crippen LogP contribution is 2.15. The van der Waals surface area contributed by atoms with Crippen LogP contribution in [0.4, 0.5) is 0 Å². The zero-order chi connectivity index (χ0) is 45.8. The molecule has 0 heterocycles. The summed E-state index contributed by atoms with van der Waals surface area (Å²) in [4.78, 5) is 37.9. The monoisotopic (exact) mass is 883 g/mol. The van der Waals surface area contributed by atoms with Crippen LogP contribution in [-0.4, -0.2) is 37.2 Å². The largest absolute Gasteiger partial charge is 0.462 e. The van der Waals surface area contributed by atoms with Crippen molar-refractivity contribution in [2.45, 2.75) is 284 Å². The minimum atomic E-state index is -0.775. The second-order valence-corrected chi connectivity index (χ2v) is 18.1. The third-order valence-electron chi connectivity index (χ3n) is 11.8. The first kappa shape index (κ1) is 60.4. The van der Waals surface area contributed by atoms with Crippen molar-refractivity contribution in [2.75, 3.05) is 13.2 Å². The van der Waals surface area contributed by atoms with E-state index in [2.05, 4.69) is 69.4 Å². The molecule has 0 bridgehead atoms. The van der Waals surface area contributed by atoms with Crippen molar-refractivity contribution >= 4 is 17.9 Å². The molecule has 0 saturated heterocycles. The van der Waals surface area contributed by atoms with Gasteiger partial charge in [0.2, 0.25) is 0 Å². The van der Waals surface area contributed by atoms with Crippen LogP contribution in [0.1, 0.15) is 278 Å². The van der Waals surface area contributed by atoms with E-state index in [-0.39, 0.29) is 31.1 Å². The van der Waals surface area contributed by atoms with Gasteiger partial charge in [0, 0.05) is 19.3 Å². The molecule has 6 heteroatoms. The van der Waals surface area contributed by atoms with Crippen molar-refractivity contribution in [2.24, 2.45) is 0 Å². The van der Waals surface area contributed by atoms with Crippen molar-refractivity contribution in [3.63, 3.8) is 0 Å². The molecule has 0 radical (unpaired) electrons. The lowest BCUT2D eigenvalue weighted by Crippen LogP contribution is -2.30. The van der Waals surface area contributed by atoms with Crippen LogP contribution in [-0.2, 0) is 28.6 Å². The fourth-order valence-electron chi connectivity index (χ4n) is 7.68. The number of hydrogen-bond donors (Lipinski definition) is 0. The Morgan fingerprint density at radius 2 is 0.571 bits per heavy atom. The van der Waals surface area contributed by atoms with E-state index in [9.17, 15) is 14.4 Å². The van der Waals surface area contributed by atoms with Gasteiger partial charge in [-0.15, -0.1) is 0 Å². The number of ether oxygens (including phenoxy) is 3. The van der Waals surface area contributed by atoms with E-state index in [1.807, 2.05) is 0 Å². The molecule has 0 aromatic carbocycles. The van der Waals surface area contributed by atoms with Gasteiger partial charge in [-0.05, 0) is 83.5 Å². The molecule has 0 saturated carbocycles. The molecule has 0 aliphatic rings. The standard InChI is InChI=1S/C57H102O6/c1-4-7-10-13-16-19-21-23-25-27-29-31-32-34-36-38-41-44-47-50-56(59)62-53-54(52-61-55(58)49-46-43-40-18-15-12-9-6-3)63-57(60)51-48-45-42-39-37-35-33-30-28-26-24-22-20-17-14-11-8-5-2/h16,19-20,22-23,25-26,28,54H,4-15,17-18,21,24,27,29-53H2,1-3H3/b19-16-,22-20-,25-23-,28-26-. The molecule has 0 aliphatic carbocycles. The molecule has 0 fully saturated rings. The van der Waals surface area contributed by atoms with Crippen LogP contribution in [0, 0.1) is 0 Å². The van der Waals surface area contributed by atoms with Crippen molar-refractivity contribution < 1.29 is 28.6 Å². The van der Waals surface area contributed by atoms with Gasteiger partial charge >= 0.3 is 17.9 Å². The zero-order valence-corrected chi connectivity index (χ0v) is 41.8. The maximum absolute atomic E-state index is 12.8. The van der Waals surface area contributed by atoms with Gasteiger partial charge in [-0.1, -0.05) is 223 Å². The smallest absolute Gasteiger partial charge is 0.306 e. The second kappa shape index (κ2) is 52.0. The Bertz CT molecular complexity index is 1110. The Morgan fingerprint density at radius 1 is 0.317 bits per heavy atom. The van der Waals surface area contributed by atoms with Crippen molar-refractivity contribution in [1.29, 1.82) is 0 Å². The van der Waals surface area contributed by atoms with Crippen LogP contribution in [0.5, 0.6) is 0 Å². The van der Waals surface area contributed by atoms with E-state index in [0.29, 0.717) is 19.3 Å². The predicted octanol–water partition coefficient (Wildman–Crippen LogP) is 17.9. The summed E-state index contributed by atoms with van der Waals surface area (Å²) in [6.45, 7) is 6.58. The molecular formula is C57H102O6. The number of hydrogen-bond acceptors (Lipinski definition) is 6. The summed E-state index contributed by atoms with van der Waals surface area (Å²) in [5.74, 6) is -0.884. The fraction of sp³-hybridized carbons (Fsp3) is 0.807. The highest BCUT2D eigenvalue weighted by atomic mass is 16.6. The Labute approximate surface area is 390 Å². The average Bonchev–Trinajstić information content (AvgIpc) is 3.28. The third kappa shape index (κ3) is 50.2. The first-order valence-corrected chi connectivity index (χ1v) is 27.1. The maximum Gasteiger partial charge on any atom is 0.306 e. The summed E-state index contributed by atoms with van der Waals surface area (Å²) in [6, 6.07) is 0. The lowest BCUT2D eigenvalue weighted by atomic mass is 10.1. The zero-order valence-electron chi connectivity index (χ0n) is 41.8. The van der Waals surface area contributed by atoms with Gasteiger partial charge in [0.05, 0.1) is 0 Å². The van der Waals surface area contributed by atoms with Crippen LogP contribution in [0.25, 0.3) is 0 Å². The van der Waals surface area contributed by atoms with E-state index in [1.54, 1.807) is 0 Å². The quantitative estimate of drug-likeness (QED) is 0.0262. The SMILES string of the molecule is CCCCC/C=C\C/C=C\CCCCCCCCCCCC(=O)OCC(COC(=O)CCCCCCCCCC)OC(=O)CCCCCCCCC/C=C\C/C=C\CCCCCC. The van der Waals surface area contributed by atoms with E-state index in [4.69, 9.17) is 14.2 Å². The minimum Gasteiger partial charge on any atom is -0.462 e. The number of esters is 3. The molecule has 0 rings (SSSR count). The third-order valence-corrected chi connectivity index (χ3v) is 11.8. The van der Waals surface area contributed by atoms with Gasteiger partial charge in [0.1, 0.15) is 13.2 Å². The molecule has 0 spiro atoms. The fourth-order valence-corrected chi connectivity index (χ4v) is 7.68. The van der Waals surface area contributed by atoms with Crippen LogP contribution >= 0.6 is 0 Å². The first-order valence-electron chi connectivity index (χ1n) is 27.1. The Hall–Kier alpha value is -2.63. The highest BCUT2D eigenvalue weighted by molar-refractivity contribution is 5.71. The van der Waals surface area contributed by atoms with E-state index in [1.165, 1.54) is 161 Å². The van der Waals surface area contributed by atoms with Crippen molar-refractivity contribution in [3.05, 3.63) is 48.6 Å². The maximum atomic E-state index is 12.8. The van der Waals surface area contributed by atoms with Crippen LogP contribution < -0.4 is 0 Å². The normalized spacial score (nSPS) is 12.4. The van der Waals surface area contributed by atoms with Crippen molar-refractivity contribution in [3.8, 4) is 0 Å². The summed E-state index contributed by atoms with van der Waals surface area (Å²) in [5.41, 5.74) is 0.